The number of allylic oxidation sites excluding steroid dienone is 1. The average molecular weight is 243 g/mol. The Balaban J connectivity index is 2.54. The van der Waals surface area contributed by atoms with Crippen LogP contribution in [0.25, 0.3) is 0 Å². The second-order valence-electron chi connectivity index (χ2n) is 2.36. The van der Waals surface area contributed by atoms with Gasteiger partial charge < -0.3 is 0 Å². The SMILES string of the molecule is C[Se]/C(C)=C\Sc1ccccc1. The molecular formula is C10H12SSe. The molecular weight excluding hydrogens is 231 g/mol. The first-order valence-electron chi connectivity index (χ1n) is 3.75. The van der Waals surface area contributed by atoms with Crippen molar-refractivity contribution in [3.63, 3.8) is 0 Å². The molecule has 0 nitrogen and oxygen atoms in total. The fourth-order valence-electron chi connectivity index (χ4n) is 0.698. The second-order valence-corrected chi connectivity index (χ2v) is 5.51. The summed E-state index contributed by atoms with van der Waals surface area (Å²) in [7, 11) is 0. The predicted molar refractivity (Wildman–Crippen MR) is 57.7 cm³/mol. The van der Waals surface area contributed by atoms with Crippen molar-refractivity contribution in [2.75, 3.05) is 0 Å². The first-order valence-corrected chi connectivity index (χ1v) is 7.20. The fraction of sp³-hybridized carbons (Fsp3) is 0.200. The number of thioether (sulfide) groups is 1. The van der Waals surface area contributed by atoms with Gasteiger partial charge in [-0.15, -0.1) is 0 Å². The van der Waals surface area contributed by atoms with Gasteiger partial charge in [-0.1, -0.05) is 0 Å². The van der Waals surface area contributed by atoms with Crippen LogP contribution in [0.1, 0.15) is 6.92 Å². The third kappa shape index (κ3) is 3.48. The summed E-state index contributed by atoms with van der Waals surface area (Å²) in [4.78, 5) is 1.32. The number of hydrogen-bond acceptors (Lipinski definition) is 1. The standard InChI is InChI=1S/C10H12SSe/c1-9(12-2)8-11-10-6-4-3-5-7-10/h3-8H,1-2H3/b9-8-. The summed E-state index contributed by atoms with van der Waals surface area (Å²) in [5.41, 5.74) is 0. The Morgan fingerprint density at radius 1 is 1.33 bits per heavy atom. The zero-order valence-corrected chi connectivity index (χ0v) is 9.81. The average Bonchev–Trinajstić information content (AvgIpc) is 2.16. The van der Waals surface area contributed by atoms with E-state index in [1.165, 1.54) is 9.37 Å². The molecule has 0 aliphatic heterocycles. The molecule has 0 aliphatic rings. The topological polar surface area (TPSA) is 0 Å². The molecule has 1 aromatic rings. The molecule has 0 N–H and O–H groups in total. The Morgan fingerprint density at radius 3 is 2.58 bits per heavy atom. The van der Waals surface area contributed by atoms with E-state index in [9.17, 15) is 0 Å². The molecule has 0 saturated carbocycles. The van der Waals surface area contributed by atoms with Crippen LogP contribution in [0.5, 0.6) is 0 Å². The van der Waals surface area contributed by atoms with Crippen molar-refractivity contribution < 1.29 is 0 Å². The van der Waals surface area contributed by atoms with Crippen LogP contribution in [-0.4, -0.2) is 15.0 Å². The minimum absolute atomic E-state index is 0.655. The van der Waals surface area contributed by atoms with Crippen molar-refractivity contribution in [3.05, 3.63) is 40.2 Å². The normalized spacial score (nSPS) is 11.7. The third-order valence-electron chi connectivity index (χ3n) is 1.43. The number of benzene rings is 1. The van der Waals surface area contributed by atoms with Crippen molar-refractivity contribution in [3.8, 4) is 0 Å². The van der Waals surface area contributed by atoms with Crippen molar-refractivity contribution in [2.24, 2.45) is 0 Å². The molecule has 0 aromatic heterocycles. The van der Waals surface area contributed by atoms with E-state index in [2.05, 4.69) is 42.4 Å². The Hall–Kier alpha value is -0.171. The van der Waals surface area contributed by atoms with Gasteiger partial charge in [0.25, 0.3) is 0 Å². The summed E-state index contributed by atoms with van der Waals surface area (Å²) < 4.78 is 1.50. The summed E-state index contributed by atoms with van der Waals surface area (Å²) >= 11 is 2.46. The van der Waals surface area contributed by atoms with E-state index in [4.69, 9.17) is 0 Å². The Labute approximate surface area is 84.6 Å². The Kier molecular flexibility index (Phi) is 4.52. The molecule has 64 valence electrons. The minimum atomic E-state index is 0.655. The van der Waals surface area contributed by atoms with Crippen LogP contribution in [0.4, 0.5) is 0 Å². The predicted octanol–water partition coefficient (Wildman–Crippen LogP) is 3.39. The summed E-state index contributed by atoms with van der Waals surface area (Å²) in [5, 5.41) is 2.25. The van der Waals surface area contributed by atoms with Gasteiger partial charge in [-0.2, -0.15) is 0 Å². The van der Waals surface area contributed by atoms with Gasteiger partial charge in [0.2, 0.25) is 0 Å². The van der Waals surface area contributed by atoms with Crippen molar-refractivity contribution >= 4 is 26.7 Å². The zero-order chi connectivity index (χ0) is 8.81. The van der Waals surface area contributed by atoms with E-state index in [0.717, 1.165) is 0 Å². The second kappa shape index (κ2) is 5.47. The van der Waals surface area contributed by atoms with Crippen LogP contribution in [0.15, 0.2) is 45.1 Å². The molecule has 0 unspecified atom stereocenters. The summed E-state index contributed by atoms with van der Waals surface area (Å²) in [6.45, 7) is 2.19. The van der Waals surface area contributed by atoms with E-state index in [1.807, 2.05) is 6.07 Å². The Morgan fingerprint density at radius 2 is 2.00 bits per heavy atom. The number of rotatable bonds is 3. The molecule has 0 radical (unpaired) electrons. The third-order valence-corrected chi connectivity index (χ3v) is 4.38. The van der Waals surface area contributed by atoms with Gasteiger partial charge in [-0.25, -0.2) is 0 Å². The summed E-state index contributed by atoms with van der Waals surface area (Å²) in [6, 6.07) is 10.5. The van der Waals surface area contributed by atoms with E-state index >= 15 is 0 Å². The van der Waals surface area contributed by atoms with Crippen LogP contribution >= 0.6 is 11.8 Å². The molecule has 0 spiro atoms. The van der Waals surface area contributed by atoms with Crippen LogP contribution in [0.2, 0.25) is 5.82 Å². The zero-order valence-electron chi connectivity index (χ0n) is 7.28. The van der Waals surface area contributed by atoms with Crippen LogP contribution < -0.4 is 0 Å². The molecule has 1 rings (SSSR count). The summed E-state index contributed by atoms with van der Waals surface area (Å²) in [6.07, 6.45) is 0. The number of hydrogen-bond donors (Lipinski definition) is 0. The molecule has 0 fully saturated rings. The van der Waals surface area contributed by atoms with E-state index in [-0.39, 0.29) is 0 Å². The molecule has 0 aliphatic carbocycles. The van der Waals surface area contributed by atoms with Crippen LogP contribution in [0.3, 0.4) is 0 Å². The van der Waals surface area contributed by atoms with Gasteiger partial charge in [0, 0.05) is 0 Å². The van der Waals surface area contributed by atoms with Gasteiger partial charge in [-0.05, 0) is 0 Å². The maximum atomic E-state index is 2.25. The van der Waals surface area contributed by atoms with Gasteiger partial charge in [0.05, 0.1) is 0 Å². The van der Waals surface area contributed by atoms with Crippen LogP contribution in [0, 0.1) is 0 Å². The van der Waals surface area contributed by atoms with Crippen molar-refractivity contribution in [1.29, 1.82) is 0 Å². The molecule has 0 atom stereocenters. The molecule has 0 amide bonds. The first-order chi connectivity index (χ1) is 5.83. The molecule has 2 heteroatoms. The van der Waals surface area contributed by atoms with E-state index in [0.29, 0.717) is 15.0 Å². The molecule has 1 aromatic carbocycles. The Bertz CT molecular complexity index is 254. The fourth-order valence-corrected chi connectivity index (χ4v) is 2.32. The molecule has 12 heavy (non-hydrogen) atoms. The monoisotopic (exact) mass is 244 g/mol. The molecule has 0 saturated heterocycles. The first kappa shape index (κ1) is 9.91. The van der Waals surface area contributed by atoms with Gasteiger partial charge in [-0.3, -0.25) is 0 Å². The van der Waals surface area contributed by atoms with Gasteiger partial charge in [0.15, 0.2) is 0 Å². The molecule has 0 heterocycles. The molecule has 0 bridgehead atoms. The van der Waals surface area contributed by atoms with Crippen molar-refractivity contribution in [2.45, 2.75) is 17.6 Å². The van der Waals surface area contributed by atoms with Gasteiger partial charge in [0.1, 0.15) is 0 Å². The van der Waals surface area contributed by atoms with Crippen LogP contribution in [-0.2, 0) is 0 Å². The quantitative estimate of drug-likeness (QED) is 0.579. The van der Waals surface area contributed by atoms with E-state index in [1.54, 1.807) is 11.8 Å². The van der Waals surface area contributed by atoms with Gasteiger partial charge >= 0.3 is 84.6 Å². The summed E-state index contributed by atoms with van der Waals surface area (Å²) in [5.74, 6) is 2.24. The van der Waals surface area contributed by atoms with E-state index < -0.39 is 0 Å². The van der Waals surface area contributed by atoms with Crippen molar-refractivity contribution in [1.82, 2.24) is 0 Å². The maximum absolute atomic E-state index is 2.25.